The number of nitriles is 1. The molecule has 2 aromatic carbocycles. The number of rotatable bonds is 4. The third-order valence-electron chi connectivity index (χ3n) is 5.28. The third kappa shape index (κ3) is 3.99. The molecule has 2 N–H and O–H groups in total. The number of esters is 1. The van der Waals surface area contributed by atoms with Crippen LogP contribution in [0.5, 0.6) is 0 Å². The molecule has 1 aliphatic rings. The van der Waals surface area contributed by atoms with Gasteiger partial charge >= 0.3 is 5.97 Å². The van der Waals surface area contributed by atoms with Crippen molar-refractivity contribution in [3.8, 4) is 6.07 Å². The van der Waals surface area contributed by atoms with E-state index in [0.717, 1.165) is 23.7 Å². The Hall–Kier alpha value is -3.59. The van der Waals surface area contributed by atoms with Crippen LogP contribution >= 0.6 is 0 Å². The van der Waals surface area contributed by atoms with Gasteiger partial charge in [-0.15, -0.1) is 0 Å². The van der Waals surface area contributed by atoms with Crippen molar-refractivity contribution in [2.24, 2.45) is 5.92 Å². The molecule has 1 aliphatic carbocycles. The minimum Gasteiger partial charge on any atom is -0.452 e. The van der Waals surface area contributed by atoms with E-state index in [9.17, 15) is 9.59 Å². The molecule has 3 aromatic rings. The van der Waals surface area contributed by atoms with Crippen LogP contribution in [0.4, 0.5) is 5.69 Å². The summed E-state index contributed by atoms with van der Waals surface area (Å²) in [5, 5.41) is 12.6. The molecule has 0 unspecified atom stereocenters. The van der Waals surface area contributed by atoms with Crippen LogP contribution in [0.2, 0.25) is 0 Å². The van der Waals surface area contributed by atoms with E-state index in [2.05, 4.69) is 17.2 Å². The number of nitrogens with zero attached hydrogens (tertiary/aromatic N) is 1. The maximum Gasteiger partial charge on any atom is 0.338 e. The molecule has 29 heavy (non-hydrogen) atoms. The molecule has 1 atom stereocenters. The van der Waals surface area contributed by atoms with Crippen LogP contribution in [-0.2, 0) is 22.4 Å². The predicted molar refractivity (Wildman–Crippen MR) is 110 cm³/mol. The summed E-state index contributed by atoms with van der Waals surface area (Å²) in [5.74, 6) is -0.366. The molecule has 6 nitrogen and oxygen atoms in total. The number of aryl methyl sites for hydroxylation is 1. The van der Waals surface area contributed by atoms with Crippen LogP contribution in [0, 0.1) is 17.2 Å². The van der Waals surface area contributed by atoms with E-state index in [1.54, 1.807) is 30.3 Å². The third-order valence-corrected chi connectivity index (χ3v) is 5.28. The summed E-state index contributed by atoms with van der Waals surface area (Å²) in [4.78, 5) is 28.0. The molecule has 0 saturated heterocycles. The first-order valence-electron chi connectivity index (χ1n) is 9.64. The second-order valence-electron chi connectivity index (χ2n) is 7.51. The Morgan fingerprint density at radius 1 is 1.28 bits per heavy atom. The first-order chi connectivity index (χ1) is 14.0. The minimum absolute atomic E-state index is 0.393. The highest BCUT2D eigenvalue weighted by molar-refractivity contribution is 5.98. The molecule has 146 valence electrons. The standard InChI is InChI=1S/C23H21N3O3/c1-14-5-7-20-18(9-14)19-11-16(6-8-21(19)26-20)23(28)29-13-22(27)25-17-4-2-3-15(10-17)12-24/h2-4,6,8,10-11,14,26H,5,7,9,13H2,1H3,(H,25,27)/t14-/m0/s1. The van der Waals surface area contributed by atoms with Crippen molar-refractivity contribution >= 4 is 28.5 Å². The lowest BCUT2D eigenvalue weighted by Crippen LogP contribution is -2.21. The minimum atomic E-state index is -0.536. The van der Waals surface area contributed by atoms with Gasteiger partial charge in [0.15, 0.2) is 6.61 Å². The van der Waals surface area contributed by atoms with Crippen molar-refractivity contribution in [2.45, 2.75) is 26.2 Å². The second kappa shape index (κ2) is 7.80. The largest absolute Gasteiger partial charge is 0.452 e. The molecular weight excluding hydrogens is 366 g/mol. The number of carbonyl (C=O) groups is 2. The zero-order valence-corrected chi connectivity index (χ0v) is 16.1. The number of amides is 1. The van der Waals surface area contributed by atoms with Crippen molar-refractivity contribution in [3.63, 3.8) is 0 Å². The zero-order chi connectivity index (χ0) is 20.4. The molecule has 1 aromatic heterocycles. The molecule has 0 aliphatic heterocycles. The number of fused-ring (bicyclic) bond motifs is 3. The van der Waals surface area contributed by atoms with E-state index in [4.69, 9.17) is 10.00 Å². The van der Waals surface area contributed by atoms with E-state index in [1.807, 2.05) is 18.2 Å². The van der Waals surface area contributed by atoms with Crippen molar-refractivity contribution < 1.29 is 14.3 Å². The highest BCUT2D eigenvalue weighted by Crippen LogP contribution is 2.32. The normalized spacial score (nSPS) is 15.4. The lowest BCUT2D eigenvalue weighted by molar-refractivity contribution is -0.119. The zero-order valence-electron chi connectivity index (χ0n) is 16.1. The van der Waals surface area contributed by atoms with Gasteiger partial charge in [0, 0.05) is 22.3 Å². The van der Waals surface area contributed by atoms with Crippen molar-refractivity contribution in [2.75, 3.05) is 11.9 Å². The van der Waals surface area contributed by atoms with Gasteiger partial charge in [0.2, 0.25) is 0 Å². The average molecular weight is 387 g/mol. The summed E-state index contributed by atoms with van der Waals surface area (Å²) in [6, 6.07) is 14.0. The quantitative estimate of drug-likeness (QED) is 0.663. The van der Waals surface area contributed by atoms with E-state index in [-0.39, 0.29) is 0 Å². The van der Waals surface area contributed by atoms with Gasteiger partial charge in [0.25, 0.3) is 5.91 Å². The number of H-pyrrole nitrogens is 1. The molecule has 0 radical (unpaired) electrons. The number of anilines is 1. The molecule has 0 saturated carbocycles. The molecule has 0 spiro atoms. The Balaban J connectivity index is 1.43. The number of carbonyl (C=O) groups excluding carboxylic acids is 2. The molecule has 4 rings (SSSR count). The molecule has 0 fully saturated rings. The highest BCUT2D eigenvalue weighted by Gasteiger charge is 2.21. The number of ether oxygens (including phenoxy) is 1. The second-order valence-corrected chi connectivity index (χ2v) is 7.51. The lowest BCUT2D eigenvalue weighted by Gasteiger charge is -2.18. The fraction of sp³-hybridized carbons (Fsp3) is 0.261. The van der Waals surface area contributed by atoms with Crippen molar-refractivity contribution in [1.82, 2.24) is 4.98 Å². The van der Waals surface area contributed by atoms with E-state index < -0.39 is 18.5 Å². The lowest BCUT2D eigenvalue weighted by atomic mass is 9.87. The maximum absolute atomic E-state index is 12.4. The van der Waals surface area contributed by atoms with Crippen LogP contribution in [0.25, 0.3) is 10.9 Å². The monoisotopic (exact) mass is 387 g/mol. The summed E-state index contributed by atoms with van der Waals surface area (Å²) in [6.07, 6.45) is 3.19. The topological polar surface area (TPSA) is 95.0 Å². The number of aromatic nitrogens is 1. The molecule has 0 bridgehead atoms. The number of benzene rings is 2. The average Bonchev–Trinajstić information content (AvgIpc) is 3.09. The number of hydrogen-bond acceptors (Lipinski definition) is 4. The van der Waals surface area contributed by atoms with Crippen molar-refractivity contribution in [1.29, 1.82) is 5.26 Å². The SMILES string of the molecule is C[C@H]1CCc2[nH]c3ccc(C(=O)OCC(=O)Nc4cccc(C#N)c4)cc3c2C1. The Bertz CT molecular complexity index is 1140. The molecule has 6 heteroatoms. The number of hydrogen-bond donors (Lipinski definition) is 2. The fourth-order valence-electron chi connectivity index (χ4n) is 3.80. The van der Waals surface area contributed by atoms with Crippen LogP contribution in [0.3, 0.4) is 0 Å². The molecule has 1 heterocycles. The van der Waals surface area contributed by atoms with Crippen LogP contribution in [0.1, 0.15) is 40.5 Å². The molecular formula is C23H21N3O3. The van der Waals surface area contributed by atoms with E-state index in [1.165, 1.54) is 17.7 Å². The summed E-state index contributed by atoms with van der Waals surface area (Å²) in [5.41, 5.74) is 4.91. The summed E-state index contributed by atoms with van der Waals surface area (Å²) < 4.78 is 5.18. The van der Waals surface area contributed by atoms with Gasteiger partial charge in [-0.25, -0.2) is 4.79 Å². The fourth-order valence-corrected chi connectivity index (χ4v) is 3.80. The number of aromatic amines is 1. The van der Waals surface area contributed by atoms with E-state index in [0.29, 0.717) is 22.7 Å². The smallest absolute Gasteiger partial charge is 0.338 e. The summed E-state index contributed by atoms with van der Waals surface area (Å²) in [6.45, 7) is 1.85. The number of nitrogens with one attached hydrogen (secondary N) is 2. The Morgan fingerprint density at radius 2 is 2.14 bits per heavy atom. The molecule has 1 amide bonds. The first-order valence-corrected chi connectivity index (χ1v) is 9.64. The van der Waals surface area contributed by atoms with Gasteiger partial charge < -0.3 is 15.0 Å². The van der Waals surface area contributed by atoms with Gasteiger partial charge in [-0.05, 0) is 67.1 Å². The van der Waals surface area contributed by atoms with Crippen LogP contribution in [0.15, 0.2) is 42.5 Å². The van der Waals surface area contributed by atoms with Gasteiger partial charge in [0.05, 0.1) is 17.2 Å². The van der Waals surface area contributed by atoms with Gasteiger partial charge in [-0.3, -0.25) is 4.79 Å². The van der Waals surface area contributed by atoms with E-state index >= 15 is 0 Å². The Kier molecular flexibility index (Phi) is 5.05. The highest BCUT2D eigenvalue weighted by atomic mass is 16.5. The van der Waals surface area contributed by atoms with Crippen molar-refractivity contribution in [3.05, 3.63) is 64.8 Å². The Labute approximate surface area is 168 Å². The Morgan fingerprint density at radius 3 is 2.97 bits per heavy atom. The van der Waals surface area contributed by atoms with Gasteiger partial charge in [0.1, 0.15) is 0 Å². The summed E-state index contributed by atoms with van der Waals surface area (Å²) >= 11 is 0. The predicted octanol–water partition coefficient (Wildman–Crippen LogP) is 3.96. The maximum atomic E-state index is 12.4. The van der Waals surface area contributed by atoms with Crippen LogP contribution in [-0.4, -0.2) is 23.5 Å². The van der Waals surface area contributed by atoms with Gasteiger partial charge in [-0.1, -0.05) is 13.0 Å². The summed E-state index contributed by atoms with van der Waals surface area (Å²) in [7, 11) is 0. The first kappa shape index (κ1) is 18.8. The van der Waals surface area contributed by atoms with Gasteiger partial charge in [-0.2, -0.15) is 5.26 Å². The van der Waals surface area contributed by atoms with Crippen LogP contribution < -0.4 is 5.32 Å².